The summed E-state index contributed by atoms with van der Waals surface area (Å²) in [6.07, 6.45) is 0. The van der Waals surface area contributed by atoms with Gasteiger partial charge in [0.25, 0.3) is 0 Å². The van der Waals surface area contributed by atoms with E-state index >= 15 is 0 Å². The summed E-state index contributed by atoms with van der Waals surface area (Å²) in [6, 6.07) is 4.26. The molecule has 0 aliphatic carbocycles. The van der Waals surface area contributed by atoms with Crippen LogP contribution >= 0.6 is 15.9 Å². The van der Waals surface area contributed by atoms with Crippen LogP contribution in [-0.4, -0.2) is 11.9 Å². The van der Waals surface area contributed by atoms with Crippen LogP contribution in [0.5, 0.6) is 0 Å². The highest BCUT2D eigenvalue weighted by molar-refractivity contribution is 9.10. The summed E-state index contributed by atoms with van der Waals surface area (Å²) < 4.78 is 13.6. The predicted octanol–water partition coefficient (Wildman–Crippen LogP) is 2.29. The van der Waals surface area contributed by atoms with Crippen LogP contribution in [-0.2, 0) is 10.3 Å². The number of primary amides is 1. The molecule has 1 aromatic carbocycles. The van der Waals surface area contributed by atoms with Gasteiger partial charge in [0.05, 0.1) is 0 Å². The number of rotatable bonds is 4. The van der Waals surface area contributed by atoms with E-state index in [4.69, 9.17) is 5.73 Å². The van der Waals surface area contributed by atoms with E-state index in [2.05, 4.69) is 21.2 Å². The molecule has 3 nitrogen and oxygen atoms in total. The van der Waals surface area contributed by atoms with E-state index in [1.54, 1.807) is 13.0 Å². The molecule has 0 saturated carbocycles. The lowest BCUT2D eigenvalue weighted by molar-refractivity contribution is -0.124. The Morgan fingerprint density at radius 2 is 2.12 bits per heavy atom. The highest BCUT2D eigenvalue weighted by Gasteiger charge is 2.35. The van der Waals surface area contributed by atoms with Gasteiger partial charge in [0.15, 0.2) is 0 Å². The largest absolute Gasteiger partial charge is 0.368 e. The van der Waals surface area contributed by atoms with Crippen molar-refractivity contribution >= 4 is 21.8 Å². The van der Waals surface area contributed by atoms with Gasteiger partial charge in [0.2, 0.25) is 5.91 Å². The molecule has 0 aliphatic heterocycles. The number of halogens is 2. The van der Waals surface area contributed by atoms with E-state index in [1.165, 1.54) is 12.1 Å². The topological polar surface area (TPSA) is 55.1 Å². The van der Waals surface area contributed by atoms with E-state index < -0.39 is 11.4 Å². The van der Waals surface area contributed by atoms with Crippen molar-refractivity contribution in [2.24, 2.45) is 5.73 Å². The minimum absolute atomic E-state index is 0.0736. The molecule has 17 heavy (non-hydrogen) atoms. The summed E-state index contributed by atoms with van der Waals surface area (Å²) in [5.74, 6) is -0.865. The average molecular weight is 303 g/mol. The van der Waals surface area contributed by atoms with E-state index in [-0.39, 0.29) is 11.9 Å². The third-order valence-electron chi connectivity index (χ3n) is 2.54. The average Bonchev–Trinajstić information content (AvgIpc) is 2.15. The maximum atomic E-state index is 13.0. The van der Waals surface area contributed by atoms with Crippen molar-refractivity contribution in [1.29, 1.82) is 0 Å². The SMILES string of the molecule is CC(C)NC(C)(C(N)=O)c1ccc(F)cc1Br. The molecule has 0 aliphatic rings. The second-order valence-corrected chi connectivity index (χ2v) is 5.27. The molecular weight excluding hydrogens is 287 g/mol. The fourth-order valence-electron chi connectivity index (χ4n) is 1.75. The Hall–Kier alpha value is -0.940. The minimum Gasteiger partial charge on any atom is -0.368 e. The third kappa shape index (κ3) is 3.04. The zero-order valence-electron chi connectivity index (χ0n) is 10.1. The molecule has 0 fully saturated rings. The van der Waals surface area contributed by atoms with E-state index in [0.29, 0.717) is 10.0 Å². The molecule has 1 atom stereocenters. The highest BCUT2D eigenvalue weighted by Crippen LogP contribution is 2.29. The number of amides is 1. The number of carbonyl (C=O) groups is 1. The van der Waals surface area contributed by atoms with E-state index in [0.717, 1.165) is 0 Å². The first kappa shape index (κ1) is 14.1. The Balaban J connectivity index is 3.27. The predicted molar refractivity (Wildman–Crippen MR) is 68.9 cm³/mol. The van der Waals surface area contributed by atoms with Crippen molar-refractivity contribution in [2.75, 3.05) is 0 Å². The Labute approximate surface area is 109 Å². The number of benzene rings is 1. The fraction of sp³-hybridized carbons (Fsp3) is 0.417. The van der Waals surface area contributed by atoms with Crippen molar-refractivity contribution in [3.8, 4) is 0 Å². The Morgan fingerprint density at radius 3 is 2.53 bits per heavy atom. The number of nitrogens with one attached hydrogen (secondary N) is 1. The quantitative estimate of drug-likeness (QED) is 0.896. The standard InChI is InChI=1S/C12H16BrFN2O/c1-7(2)16-12(3,11(15)17)9-5-4-8(14)6-10(9)13/h4-7,16H,1-3H3,(H2,15,17). The molecule has 0 bridgehead atoms. The van der Waals surface area contributed by atoms with Crippen molar-refractivity contribution in [1.82, 2.24) is 5.32 Å². The zero-order chi connectivity index (χ0) is 13.2. The summed E-state index contributed by atoms with van der Waals surface area (Å²) in [4.78, 5) is 11.6. The molecule has 1 unspecified atom stereocenters. The van der Waals surface area contributed by atoms with Gasteiger partial charge in [0.1, 0.15) is 11.4 Å². The smallest absolute Gasteiger partial charge is 0.242 e. The summed E-state index contributed by atoms with van der Waals surface area (Å²) in [5.41, 5.74) is 5.04. The molecule has 0 spiro atoms. The van der Waals surface area contributed by atoms with Crippen molar-refractivity contribution < 1.29 is 9.18 Å². The van der Waals surface area contributed by atoms with Crippen LogP contribution in [0.2, 0.25) is 0 Å². The fourth-order valence-corrected chi connectivity index (χ4v) is 2.50. The van der Waals surface area contributed by atoms with Gasteiger partial charge in [-0.25, -0.2) is 4.39 Å². The van der Waals surface area contributed by atoms with Gasteiger partial charge in [0, 0.05) is 10.5 Å². The lowest BCUT2D eigenvalue weighted by Crippen LogP contribution is -2.53. The normalized spacial score (nSPS) is 14.7. The maximum absolute atomic E-state index is 13.0. The Bertz CT molecular complexity index is 437. The summed E-state index contributed by atoms with van der Waals surface area (Å²) >= 11 is 3.25. The molecule has 1 aromatic rings. The van der Waals surface area contributed by atoms with Crippen molar-refractivity contribution in [3.05, 3.63) is 34.1 Å². The van der Waals surface area contributed by atoms with Crippen LogP contribution in [0.15, 0.2) is 22.7 Å². The molecule has 3 N–H and O–H groups in total. The number of hydrogen-bond donors (Lipinski definition) is 2. The Kier molecular flexibility index (Phi) is 4.27. The second kappa shape index (κ2) is 5.14. The second-order valence-electron chi connectivity index (χ2n) is 4.41. The first-order valence-electron chi connectivity index (χ1n) is 5.30. The summed E-state index contributed by atoms with van der Waals surface area (Å²) in [7, 11) is 0. The molecule has 0 saturated heterocycles. The summed E-state index contributed by atoms with van der Waals surface area (Å²) in [5, 5.41) is 3.11. The van der Waals surface area contributed by atoms with Gasteiger partial charge in [-0.15, -0.1) is 0 Å². The third-order valence-corrected chi connectivity index (χ3v) is 3.20. The maximum Gasteiger partial charge on any atom is 0.242 e. The van der Waals surface area contributed by atoms with Gasteiger partial charge >= 0.3 is 0 Å². The van der Waals surface area contributed by atoms with Crippen LogP contribution in [0.3, 0.4) is 0 Å². The molecule has 1 amide bonds. The number of nitrogens with two attached hydrogens (primary N) is 1. The van der Waals surface area contributed by atoms with E-state index in [1.807, 2.05) is 13.8 Å². The van der Waals surface area contributed by atoms with Crippen molar-refractivity contribution in [2.45, 2.75) is 32.4 Å². The number of hydrogen-bond acceptors (Lipinski definition) is 2. The van der Waals surface area contributed by atoms with Gasteiger partial charge in [-0.3, -0.25) is 10.1 Å². The number of carbonyl (C=O) groups excluding carboxylic acids is 1. The van der Waals surface area contributed by atoms with Crippen molar-refractivity contribution in [3.63, 3.8) is 0 Å². The molecular formula is C12H16BrFN2O. The molecule has 0 radical (unpaired) electrons. The van der Waals surface area contributed by atoms with E-state index in [9.17, 15) is 9.18 Å². The molecule has 1 rings (SSSR count). The van der Waals surface area contributed by atoms with Gasteiger partial charge in [-0.2, -0.15) is 0 Å². The summed E-state index contributed by atoms with van der Waals surface area (Å²) in [6.45, 7) is 5.52. The van der Waals surface area contributed by atoms with Crippen LogP contribution in [0.25, 0.3) is 0 Å². The zero-order valence-corrected chi connectivity index (χ0v) is 11.6. The minimum atomic E-state index is -1.03. The highest BCUT2D eigenvalue weighted by atomic mass is 79.9. The molecule has 94 valence electrons. The van der Waals surface area contributed by atoms with Gasteiger partial charge < -0.3 is 5.73 Å². The van der Waals surface area contributed by atoms with Crippen LogP contribution in [0.4, 0.5) is 4.39 Å². The van der Waals surface area contributed by atoms with Crippen LogP contribution < -0.4 is 11.1 Å². The van der Waals surface area contributed by atoms with Crippen LogP contribution in [0, 0.1) is 5.82 Å². The first-order valence-corrected chi connectivity index (χ1v) is 6.10. The van der Waals surface area contributed by atoms with Crippen LogP contribution in [0.1, 0.15) is 26.3 Å². The molecule has 5 heteroatoms. The van der Waals surface area contributed by atoms with Gasteiger partial charge in [-0.05, 0) is 38.5 Å². The lowest BCUT2D eigenvalue weighted by atomic mass is 9.90. The Morgan fingerprint density at radius 1 is 1.53 bits per heavy atom. The monoisotopic (exact) mass is 302 g/mol. The lowest BCUT2D eigenvalue weighted by Gasteiger charge is -2.31. The molecule has 0 aromatic heterocycles. The molecule has 0 heterocycles. The van der Waals surface area contributed by atoms with Gasteiger partial charge in [-0.1, -0.05) is 22.0 Å². The first-order chi connectivity index (χ1) is 7.77.